The van der Waals surface area contributed by atoms with Gasteiger partial charge in [-0.25, -0.2) is 0 Å². The topological polar surface area (TPSA) is 43.4 Å². The highest BCUT2D eigenvalue weighted by Crippen LogP contribution is 2.26. The fourth-order valence-corrected chi connectivity index (χ4v) is 4.59. The highest BCUT2D eigenvalue weighted by Gasteiger charge is 2.28. The van der Waals surface area contributed by atoms with E-state index in [0.29, 0.717) is 0 Å². The Morgan fingerprint density at radius 2 is 1.67 bits per heavy atom. The lowest BCUT2D eigenvalue weighted by atomic mass is 10.1. The van der Waals surface area contributed by atoms with E-state index in [0.717, 1.165) is 6.26 Å². The summed E-state index contributed by atoms with van der Waals surface area (Å²) in [5.41, 5.74) is 0.306. The molecule has 0 spiro atoms. The molecule has 5 heteroatoms. The van der Waals surface area contributed by atoms with Crippen LogP contribution in [0.25, 0.3) is 0 Å². The van der Waals surface area contributed by atoms with Crippen LogP contribution in [0, 0.1) is 11.8 Å². The highest BCUT2D eigenvalue weighted by molar-refractivity contribution is 7.86. The number of hydrogen-bond donors (Lipinski definition) is 0. The van der Waals surface area contributed by atoms with Gasteiger partial charge in [-0.15, -0.1) is 0 Å². The normalized spacial score (nSPS) is 14.2. The molecular formula is C16H24O3SSi. The van der Waals surface area contributed by atoms with Crippen molar-refractivity contribution in [3.05, 3.63) is 35.9 Å². The maximum absolute atomic E-state index is 11.3. The van der Waals surface area contributed by atoms with Gasteiger partial charge in [-0.3, -0.25) is 4.18 Å². The summed E-state index contributed by atoms with van der Waals surface area (Å²) >= 11 is 0. The quantitative estimate of drug-likeness (QED) is 0.484. The molecule has 1 atom stereocenters. The molecule has 1 aromatic rings. The summed E-state index contributed by atoms with van der Waals surface area (Å²) in [6.45, 7) is 10.1. The summed E-state index contributed by atoms with van der Waals surface area (Å²) in [4.78, 5) is 0. The van der Waals surface area contributed by atoms with Crippen molar-refractivity contribution >= 4 is 18.2 Å². The molecule has 0 aliphatic carbocycles. The van der Waals surface area contributed by atoms with Crippen LogP contribution in [0.15, 0.2) is 30.3 Å². The molecule has 0 amide bonds. The van der Waals surface area contributed by atoms with Gasteiger partial charge in [0.15, 0.2) is 0 Å². The third-order valence-corrected chi connectivity index (χ3v) is 5.81. The Morgan fingerprint density at radius 1 is 1.14 bits per heavy atom. The van der Waals surface area contributed by atoms with Crippen molar-refractivity contribution in [3.8, 4) is 11.8 Å². The first-order valence-corrected chi connectivity index (χ1v) is 12.3. The van der Waals surface area contributed by atoms with Gasteiger partial charge in [0, 0.05) is 5.54 Å². The molecule has 0 N–H and O–H groups in total. The van der Waals surface area contributed by atoms with Crippen molar-refractivity contribution in [1.29, 1.82) is 0 Å². The van der Waals surface area contributed by atoms with Crippen molar-refractivity contribution in [2.45, 2.75) is 44.6 Å². The smallest absolute Gasteiger partial charge is 0.251 e. The molecule has 0 saturated carbocycles. The average molecular weight is 325 g/mol. The number of hydrogen-bond acceptors (Lipinski definition) is 3. The van der Waals surface area contributed by atoms with Gasteiger partial charge >= 0.3 is 0 Å². The number of benzene rings is 1. The second kappa shape index (κ2) is 6.35. The van der Waals surface area contributed by atoms with Gasteiger partial charge in [0.25, 0.3) is 10.1 Å². The van der Waals surface area contributed by atoms with Crippen LogP contribution in [0.3, 0.4) is 0 Å². The zero-order valence-electron chi connectivity index (χ0n) is 13.6. The molecule has 116 valence electrons. The molecule has 0 aromatic heterocycles. The second-order valence-corrected chi connectivity index (χ2v) is 13.7. The van der Waals surface area contributed by atoms with E-state index in [4.69, 9.17) is 4.18 Å². The van der Waals surface area contributed by atoms with Crippen molar-refractivity contribution in [1.82, 2.24) is 0 Å². The van der Waals surface area contributed by atoms with Gasteiger partial charge in [-0.1, -0.05) is 61.8 Å². The fourth-order valence-electron chi connectivity index (χ4n) is 2.09. The summed E-state index contributed by atoms with van der Waals surface area (Å²) < 4.78 is 27.6. The van der Waals surface area contributed by atoms with E-state index >= 15 is 0 Å². The summed E-state index contributed by atoms with van der Waals surface area (Å²) in [5, 5.41) is 0. The Kier molecular flexibility index (Phi) is 5.43. The molecule has 0 aliphatic heterocycles. The van der Waals surface area contributed by atoms with E-state index in [2.05, 4.69) is 43.6 Å². The Labute approximate surface area is 129 Å². The van der Waals surface area contributed by atoms with Gasteiger partial charge in [-0.05, 0) is 19.4 Å². The molecule has 21 heavy (non-hydrogen) atoms. The van der Waals surface area contributed by atoms with Crippen LogP contribution in [-0.4, -0.2) is 28.3 Å². The van der Waals surface area contributed by atoms with E-state index in [-0.39, 0.29) is 5.54 Å². The Balaban J connectivity index is 3.13. The standard InChI is InChI=1S/C16H24O3SSi/c1-16(2,19-20(3,17)18)13-12-15(21(4,5)6)14-10-8-7-9-11-14/h7-11,15H,1-6H3. The van der Waals surface area contributed by atoms with Crippen molar-refractivity contribution in [2.75, 3.05) is 6.26 Å². The zero-order valence-corrected chi connectivity index (χ0v) is 15.4. The Hall–Kier alpha value is -1.09. The molecule has 1 rings (SSSR count). The lowest BCUT2D eigenvalue weighted by molar-refractivity contribution is 0.183. The van der Waals surface area contributed by atoms with E-state index in [9.17, 15) is 8.42 Å². The second-order valence-electron chi connectivity index (χ2n) is 6.78. The summed E-state index contributed by atoms with van der Waals surface area (Å²) in [5.74, 6) is 6.27. The largest absolute Gasteiger partial charge is 0.265 e. The van der Waals surface area contributed by atoms with Crippen LogP contribution >= 0.6 is 0 Å². The zero-order chi connectivity index (χ0) is 16.3. The lowest BCUT2D eigenvalue weighted by Gasteiger charge is -2.25. The molecule has 0 heterocycles. The molecule has 0 fully saturated rings. The molecule has 1 aromatic carbocycles. The van der Waals surface area contributed by atoms with Crippen LogP contribution in [0.5, 0.6) is 0 Å². The van der Waals surface area contributed by atoms with Crippen LogP contribution < -0.4 is 0 Å². The van der Waals surface area contributed by atoms with E-state index in [1.54, 1.807) is 13.8 Å². The maximum Gasteiger partial charge on any atom is 0.265 e. The summed E-state index contributed by atoms with van der Waals surface area (Å²) in [6.07, 6.45) is 1.05. The van der Waals surface area contributed by atoms with Gasteiger partial charge in [0.2, 0.25) is 0 Å². The van der Waals surface area contributed by atoms with Crippen molar-refractivity contribution in [2.24, 2.45) is 0 Å². The molecule has 3 nitrogen and oxygen atoms in total. The first-order chi connectivity index (χ1) is 9.41. The van der Waals surface area contributed by atoms with E-state index in [1.165, 1.54) is 5.56 Å². The van der Waals surface area contributed by atoms with Crippen LogP contribution in [0.4, 0.5) is 0 Å². The lowest BCUT2D eigenvalue weighted by Crippen LogP contribution is -2.31. The van der Waals surface area contributed by atoms with Crippen LogP contribution in [0.1, 0.15) is 25.0 Å². The molecule has 0 bridgehead atoms. The highest BCUT2D eigenvalue weighted by atomic mass is 32.2. The van der Waals surface area contributed by atoms with E-state index < -0.39 is 23.8 Å². The molecule has 0 radical (unpaired) electrons. The minimum atomic E-state index is -3.52. The van der Waals surface area contributed by atoms with Gasteiger partial charge in [0.05, 0.1) is 14.3 Å². The number of rotatable bonds is 4. The minimum Gasteiger partial charge on any atom is -0.251 e. The van der Waals surface area contributed by atoms with Crippen LogP contribution in [-0.2, 0) is 14.3 Å². The first kappa shape index (κ1) is 18.0. The minimum absolute atomic E-state index is 0.140. The predicted octanol–water partition coefficient (Wildman–Crippen LogP) is 3.41. The summed E-state index contributed by atoms with van der Waals surface area (Å²) in [6, 6.07) is 10.1. The Morgan fingerprint density at radius 3 is 2.10 bits per heavy atom. The van der Waals surface area contributed by atoms with Gasteiger partial charge < -0.3 is 0 Å². The first-order valence-electron chi connectivity index (χ1n) is 6.89. The van der Waals surface area contributed by atoms with Gasteiger partial charge in [-0.2, -0.15) is 8.42 Å². The van der Waals surface area contributed by atoms with E-state index in [1.807, 2.05) is 18.2 Å². The Bertz CT molecular complexity index is 632. The monoisotopic (exact) mass is 324 g/mol. The fraction of sp³-hybridized carbons (Fsp3) is 0.500. The van der Waals surface area contributed by atoms with Crippen molar-refractivity contribution < 1.29 is 12.6 Å². The predicted molar refractivity (Wildman–Crippen MR) is 90.3 cm³/mol. The SMILES string of the molecule is CC(C)(C#CC(c1ccccc1)[Si](C)(C)C)OS(C)(=O)=O. The average Bonchev–Trinajstić information content (AvgIpc) is 2.25. The van der Waals surface area contributed by atoms with Gasteiger partial charge in [0.1, 0.15) is 5.60 Å². The third-order valence-electron chi connectivity index (χ3n) is 2.88. The molecule has 0 aliphatic rings. The van der Waals surface area contributed by atoms with Crippen LogP contribution in [0.2, 0.25) is 19.6 Å². The maximum atomic E-state index is 11.3. The van der Waals surface area contributed by atoms with Crippen molar-refractivity contribution in [3.63, 3.8) is 0 Å². The molecule has 0 saturated heterocycles. The third kappa shape index (κ3) is 6.47. The molecular weight excluding hydrogens is 300 g/mol. The molecule has 1 unspecified atom stereocenters. The summed E-state index contributed by atoms with van der Waals surface area (Å²) in [7, 11) is -5.09.